The fraction of sp³-hybridized carbons (Fsp3) is 0.192. The monoisotopic (exact) mass is 493 g/mol. The molecular weight excluding hydrogens is 466 g/mol. The van der Waals surface area contributed by atoms with Gasteiger partial charge in [-0.15, -0.1) is 11.8 Å². The average Bonchev–Trinajstić information content (AvgIpc) is 2.83. The lowest BCUT2D eigenvalue weighted by atomic mass is 10.1. The maximum atomic E-state index is 12.8. The lowest BCUT2D eigenvalue weighted by molar-refractivity contribution is -0.115. The molecule has 0 aliphatic carbocycles. The van der Waals surface area contributed by atoms with E-state index in [2.05, 4.69) is 16.0 Å². The number of thioether (sulfide) groups is 1. The van der Waals surface area contributed by atoms with Crippen molar-refractivity contribution in [2.24, 2.45) is 0 Å². The summed E-state index contributed by atoms with van der Waals surface area (Å²) in [6.45, 7) is 3.52. The first-order valence-corrected chi connectivity index (χ1v) is 12.1. The van der Waals surface area contributed by atoms with Gasteiger partial charge in [0.25, 0.3) is 0 Å². The molecule has 0 radical (unpaired) electrons. The molecule has 1 unspecified atom stereocenters. The van der Waals surface area contributed by atoms with Crippen molar-refractivity contribution < 1.29 is 14.3 Å². The van der Waals surface area contributed by atoms with Crippen LogP contribution in [0.5, 0.6) is 5.75 Å². The van der Waals surface area contributed by atoms with Crippen LogP contribution in [-0.2, 0) is 4.79 Å². The minimum atomic E-state index is -0.248. The van der Waals surface area contributed by atoms with Crippen molar-refractivity contribution in [2.75, 3.05) is 23.1 Å². The molecular formula is C26H27N3O3S2. The first-order chi connectivity index (χ1) is 16.4. The van der Waals surface area contributed by atoms with Gasteiger partial charge in [0.05, 0.1) is 12.4 Å². The van der Waals surface area contributed by atoms with Gasteiger partial charge in [-0.3, -0.25) is 9.59 Å². The molecule has 0 saturated carbocycles. The predicted octanol–water partition coefficient (Wildman–Crippen LogP) is 6.22. The second kappa shape index (κ2) is 12.2. The largest absolute Gasteiger partial charge is 0.497 e. The summed E-state index contributed by atoms with van der Waals surface area (Å²) < 4.78 is 5.16. The van der Waals surface area contributed by atoms with E-state index < -0.39 is 0 Å². The number of Topliss-reactive ketones (excluding diaryl/α,β-unsaturated/α-hetero) is 1. The van der Waals surface area contributed by atoms with Crippen LogP contribution in [0.1, 0.15) is 30.6 Å². The number of hydrogen-bond donors (Lipinski definition) is 3. The first-order valence-electron chi connectivity index (χ1n) is 10.8. The molecule has 0 bridgehead atoms. The molecule has 0 fully saturated rings. The molecule has 0 spiro atoms. The summed E-state index contributed by atoms with van der Waals surface area (Å²) in [5.74, 6) is 0.705. The lowest BCUT2D eigenvalue weighted by Crippen LogP contribution is -2.24. The topological polar surface area (TPSA) is 79.5 Å². The van der Waals surface area contributed by atoms with E-state index in [-0.39, 0.29) is 16.9 Å². The molecule has 1 atom stereocenters. The van der Waals surface area contributed by atoms with Gasteiger partial charge in [-0.05, 0) is 92.3 Å². The minimum absolute atomic E-state index is 0.0182. The van der Waals surface area contributed by atoms with E-state index in [0.29, 0.717) is 17.1 Å². The third-order valence-electron chi connectivity index (χ3n) is 4.94. The Morgan fingerprint density at radius 1 is 0.912 bits per heavy atom. The summed E-state index contributed by atoms with van der Waals surface area (Å²) >= 11 is 6.92. The standard InChI is InChI=1S/C26H27N3O3S2/c1-4-24(25(31)27-19-12-14-22(32-3)15-13-19)34-23-7-5-6-21(16-23)29-26(33)28-20-10-8-18(9-11-20)17(2)30/h5-16,24H,4H2,1-3H3,(H,27,31)(H2,28,29,33). The van der Waals surface area contributed by atoms with Crippen molar-refractivity contribution in [3.63, 3.8) is 0 Å². The normalized spacial score (nSPS) is 11.3. The Morgan fingerprint density at radius 3 is 2.15 bits per heavy atom. The molecule has 8 heteroatoms. The van der Waals surface area contributed by atoms with Crippen LogP contribution in [0.3, 0.4) is 0 Å². The van der Waals surface area contributed by atoms with E-state index in [9.17, 15) is 9.59 Å². The van der Waals surface area contributed by atoms with Crippen LogP contribution in [0.15, 0.2) is 77.7 Å². The number of amides is 1. The Kier molecular flexibility index (Phi) is 9.07. The van der Waals surface area contributed by atoms with Crippen LogP contribution >= 0.6 is 24.0 Å². The molecule has 1 amide bonds. The molecule has 3 aromatic carbocycles. The second-order valence-corrected chi connectivity index (χ2v) is 9.16. The van der Waals surface area contributed by atoms with Crippen LogP contribution in [-0.4, -0.2) is 29.2 Å². The molecule has 34 heavy (non-hydrogen) atoms. The smallest absolute Gasteiger partial charge is 0.237 e. The van der Waals surface area contributed by atoms with Crippen LogP contribution in [0.4, 0.5) is 17.1 Å². The number of ketones is 1. The SMILES string of the molecule is CCC(Sc1cccc(NC(=S)Nc2ccc(C(C)=O)cc2)c1)C(=O)Nc1ccc(OC)cc1. The number of nitrogens with one attached hydrogen (secondary N) is 3. The van der Waals surface area contributed by atoms with Crippen molar-refractivity contribution >= 4 is 57.8 Å². The number of benzene rings is 3. The van der Waals surface area contributed by atoms with Gasteiger partial charge in [-0.1, -0.05) is 13.0 Å². The third-order valence-corrected chi connectivity index (χ3v) is 6.50. The molecule has 6 nitrogen and oxygen atoms in total. The van der Waals surface area contributed by atoms with Crippen molar-refractivity contribution in [1.29, 1.82) is 0 Å². The molecule has 0 aliphatic heterocycles. The third kappa shape index (κ3) is 7.33. The molecule has 3 rings (SSSR count). The predicted molar refractivity (Wildman–Crippen MR) is 144 cm³/mol. The van der Waals surface area contributed by atoms with E-state index >= 15 is 0 Å². The van der Waals surface area contributed by atoms with Crippen LogP contribution in [0.2, 0.25) is 0 Å². The van der Waals surface area contributed by atoms with Crippen molar-refractivity contribution in [1.82, 2.24) is 0 Å². The number of methoxy groups -OCH3 is 1. The number of thiocarbonyl (C=S) groups is 1. The molecule has 0 aromatic heterocycles. The highest BCUT2D eigenvalue weighted by atomic mass is 32.2. The quantitative estimate of drug-likeness (QED) is 0.186. The Balaban J connectivity index is 1.58. The highest BCUT2D eigenvalue weighted by Crippen LogP contribution is 2.29. The summed E-state index contributed by atoms with van der Waals surface area (Å²) in [6, 6.07) is 22.2. The molecule has 176 valence electrons. The summed E-state index contributed by atoms with van der Waals surface area (Å²) in [5, 5.41) is 9.43. The van der Waals surface area contributed by atoms with Crippen molar-refractivity contribution in [3.8, 4) is 5.75 Å². The van der Waals surface area contributed by atoms with E-state index in [4.69, 9.17) is 17.0 Å². The number of carbonyl (C=O) groups excluding carboxylic acids is 2. The van der Waals surface area contributed by atoms with Crippen molar-refractivity contribution in [3.05, 3.63) is 78.4 Å². The molecule has 3 aromatic rings. The van der Waals surface area contributed by atoms with Crippen molar-refractivity contribution in [2.45, 2.75) is 30.4 Å². The molecule has 0 saturated heterocycles. The number of carbonyl (C=O) groups is 2. The number of rotatable bonds is 9. The first kappa shape index (κ1) is 25.3. The van der Waals surface area contributed by atoms with Crippen LogP contribution < -0.4 is 20.7 Å². The van der Waals surface area contributed by atoms with Gasteiger partial charge in [0, 0.05) is 27.5 Å². The van der Waals surface area contributed by atoms with Gasteiger partial charge in [0.1, 0.15) is 5.75 Å². The van der Waals surface area contributed by atoms with E-state index in [1.807, 2.05) is 67.6 Å². The van der Waals surface area contributed by atoms with Gasteiger partial charge in [-0.2, -0.15) is 0 Å². The van der Waals surface area contributed by atoms with Gasteiger partial charge >= 0.3 is 0 Å². The van der Waals surface area contributed by atoms with Gasteiger partial charge in [0.15, 0.2) is 10.9 Å². The zero-order chi connectivity index (χ0) is 24.5. The maximum Gasteiger partial charge on any atom is 0.237 e. The van der Waals surface area contributed by atoms with Crippen LogP contribution in [0.25, 0.3) is 0 Å². The second-order valence-electron chi connectivity index (χ2n) is 7.47. The summed E-state index contributed by atoms with van der Waals surface area (Å²) in [4.78, 5) is 25.2. The Labute approximate surface area is 209 Å². The molecule has 3 N–H and O–H groups in total. The fourth-order valence-electron chi connectivity index (χ4n) is 3.11. The Morgan fingerprint density at radius 2 is 1.53 bits per heavy atom. The molecule has 0 heterocycles. The highest BCUT2D eigenvalue weighted by molar-refractivity contribution is 8.00. The zero-order valence-corrected chi connectivity index (χ0v) is 20.9. The van der Waals surface area contributed by atoms with E-state index in [1.54, 1.807) is 19.2 Å². The minimum Gasteiger partial charge on any atom is -0.497 e. The zero-order valence-electron chi connectivity index (χ0n) is 19.3. The Bertz CT molecular complexity index is 1150. The number of ether oxygens (including phenoxy) is 1. The van der Waals surface area contributed by atoms with E-state index in [1.165, 1.54) is 18.7 Å². The van der Waals surface area contributed by atoms with Gasteiger partial charge in [-0.25, -0.2) is 0 Å². The van der Waals surface area contributed by atoms with Crippen LogP contribution in [0, 0.1) is 0 Å². The lowest BCUT2D eigenvalue weighted by Gasteiger charge is -2.16. The van der Waals surface area contributed by atoms with Gasteiger partial charge < -0.3 is 20.7 Å². The van der Waals surface area contributed by atoms with Gasteiger partial charge in [0.2, 0.25) is 5.91 Å². The number of anilines is 3. The highest BCUT2D eigenvalue weighted by Gasteiger charge is 2.18. The maximum absolute atomic E-state index is 12.8. The van der Waals surface area contributed by atoms with E-state index in [0.717, 1.165) is 27.7 Å². The summed E-state index contributed by atoms with van der Waals surface area (Å²) in [5.41, 5.74) is 2.98. The average molecular weight is 494 g/mol. The summed E-state index contributed by atoms with van der Waals surface area (Å²) in [7, 11) is 1.61. The summed E-state index contributed by atoms with van der Waals surface area (Å²) in [6.07, 6.45) is 0.681. The Hall–Kier alpha value is -3.36. The fourth-order valence-corrected chi connectivity index (χ4v) is 4.36. The molecule has 0 aliphatic rings. The number of hydrogen-bond acceptors (Lipinski definition) is 5.